The van der Waals surface area contributed by atoms with Gasteiger partial charge in [-0.2, -0.15) is 9.15 Å². The molecule has 8 aromatic carbocycles. The number of allylic oxidation sites excluding steroid dienone is 16. The maximum atomic E-state index is 12.9. The molecule has 5 aliphatic rings. The Kier molecular flexibility index (Phi) is 36.7. The molecule has 1 saturated heterocycles. The Balaban J connectivity index is 0.000000251. The molecule has 5 aliphatic heterocycles. The van der Waals surface area contributed by atoms with Crippen molar-refractivity contribution in [2.24, 2.45) is 5.73 Å². The van der Waals surface area contributed by atoms with Crippen LogP contribution in [0.25, 0.3) is 43.1 Å². The molecule has 720 valence electrons. The van der Waals surface area contributed by atoms with E-state index in [9.17, 15) is 77.3 Å². The van der Waals surface area contributed by atoms with Crippen LogP contribution in [0, 0.1) is 0 Å². The van der Waals surface area contributed by atoms with Crippen LogP contribution in [0.15, 0.2) is 242 Å². The quantitative estimate of drug-likeness (QED) is 0.00615. The first-order chi connectivity index (χ1) is 64.4. The number of unbranched alkanes of at least 4 members (excludes halogenated alkanes) is 2. The molecule has 0 aliphatic carbocycles. The SMILES string of the molecule is CC(=O)O[C@@H](C)C(=O)NCCCC(=O)CCC[N+]1=C(C=CC=CC=CC=C2N(CCCCS(=O)(=O)[O-])c3ccc4ccccc4c3C2(C)C)C(C)(C)c2c1ccc1ccccc21.CC(=O)O[C@@H](C)C(=O)NCCN.CC1(C)C(=CC=CC=CC=CC2=[N+](CCCC(=O)ON3C(=O)CC(S(=O)(=O)[O-])C3=O)c3ccc4ccccc4c3C2(C)C)N(CCCCS(=O)(=O)[O-])c2ccc3ccccc3c21.[Na+]. The molecule has 0 saturated carbocycles. The number of Topliss-reactive ketones (excluding diaryl/α,β-unsaturated/α-hetero) is 1. The van der Waals surface area contributed by atoms with Crippen molar-refractivity contribution in [3.63, 3.8) is 0 Å². The van der Waals surface area contributed by atoms with Gasteiger partial charge in [-0.15, -0.1) is 5.06 Å². The molecule has 4 amide bonds. The second kappa shape index (κ2) is 46.8. The predicted octanol–water partition coefficient (Wildman–Crippen LogP) is 12.2. The number of anilines is 2. The number of nitrogens with two attached hydrogens (primary N) is 1. The molecule has 137 heavy (non-hydrogen) atoms. The molecule has 13 rings (SSSR count). The van der Waals surface area contributed by atoms with Gasteiger partial charge in [-0.05, 0) is 164 Å². The number of hydrogen-bond donors (Lipinski definition) is 3. The maximum absolute atomic E-state index is 12.9. The van der Waals surface area contributed by atoms with E-state index in [1.807, 2.05) is 97.2 Å². The molecule has 8 aromatic rings. The third-order valence-corrected chi connectivity index (χ3v) is 27.6. The van der Waals surface area contributed by atoms with Gasteiger partial charge in [0.1, 0.15) is 34.2 Å². The number of carbonyl (C=O) groups is 8. The van der Waals surface area contributed by atoms with Crippen molar-refractivity contribution in [3.05, 3.63) is 264 Å². The number of fused-ring (bicyclic) bond motifs is 12. The average molecular weight is 1930 g/mol. The van der Waals surface area contributed by atoms with Crippen molar-refractivity contribution in [2.45, 2.75) is 193 Å². The molecule has 32 heteroatoms. The van der Waals surface area contributed by atoms with Crippen molar-refractivity contribution in [3.8, 4) is 0 Å². The van der Waals surface area contributed by atoms with Gasteiger partial charge in [0, 0.05) is 153 Å². The molecule has 4 N–H and O–H groups in total. The summed E-state index contributed by atoms with van der Waals surface area (Å²) in [7, 11) is -13.7. The molecule has 0 aromatic heterocycles. The van der Waals surface area contributed by atoms with Crippen LogP contribution in [0.3, 0.4) is 0 Å². The summed E-state index contributed by atoms with van der Waals surface area (Å²) >= 11 is 0. The van der Waals surface area contributed by atoms with E-state index in [0.717, 1.165) is 72.7 Å². The van der Waals surface area contributed by atoms with Gasteiger partial charge >= 0.3 is 47.5 Å². The largest absolute Gasteiger partial charge is 1.00 e. The fourth-order valence-electron chi connectivity index (χ4n) is 18.8. The number of amides is 4. The van der Waals surface area contributed by atoms with Gasteiger partial charge in [-0.1, -0.05) is 198 Å². The number of nitrogens with zero attached hydrogens (tertiary/aromatic N) is 5. The van der Waals surface area contributed by atoms with Gasteiger partial charge in [0.2, 0.25) is 11.4 Å². The molecular formula is C105H121N8NaO20S3. The Hall–Kier alpha value is -11.5. The summed E-state index contributed by atoms with van der Waals surface area (Å²) in [5.41, 5.74) is 17.1. The number of nitrogens with one attached hydrogen (secondary N) is 2. The van der Waals surface area contributed by atoms with Gasteiger partial charge in [0.05, 0.1) is 43.9 Å². The Morgan fingerprint density at radius 1 is 0.467 bits per heavy atom. The number of imide groups is 1. The second-order valence-corrected chi connectivity index (χ2v) is 40.9. The monoisotopic (exact) mass is 1930 g/mol. The number of rotatable bonds is 38. The fraction of sp³-hybridized carbons (Fsp3) is 0.371. The number of ketones is 1. The van der Waals surface area contributed by atoms with E-state index >= 15 is 0 Å². The average Bonchev–Trinajstić information content (AvgIpc) is 1.59. The molecule has 0 bridgehead atoms. The van der Waals surface area contributed by atoms with Gasteiger partial charge in [0.25, 0.3) is 23.6 Å². The minimum absolute atomic E-state index is 0. The Morgan fingerprint density at radius 3 is 1.22 bits per heavy atom. The number of benzene rings is 8. The zero-order valence-corrected chi connectivity index (χ0v) is 84.5. The van der Waals surface area contributed by atoms with E-state index in [1.165, 1.54) is 65.9 Å². The third-order valence-electron chi connectivity index (χ3n) is 25.0. The van der Waals surface area contributed by atoms with Crippen LogP contribution < -0.4 is 55.7 Å². The minimum Gasteiger partial charge on any atom is -0.748 e. The van der Waals surface area contributed by atoms with Crippen LogP contribution in [0.1, 0.15) is 176 Å². The third kappa shape index (κ3) is 26.5. The van der Waals surface area contributed by atoms with Crippen molar-refractivity contribution in [1.82, 2.24) is 15.7 Å². The zero-order valence-electron chi connectivity index (χ0n) is 80.0. The summed E-state index contributed by atoms with van der Waals surface area (Å²) in [4.78, 5) is 104. The topological polar surface area (TPSA) is 402 Å². The van der Waals surface area contributed by atoms with E-state index in [-0.39, 0.29) is 93.5 Å². The van der Waals surface area contributed by atoms with Crippen LogP contribution in [0.2, 0.25) is 0 Å². The minimum atomic E-state index is -5.09. The number of hydroxylamine groups is 2. The fourth-order valence-corrected chi connectivity index (χ4v) is 20.6. The Morgan fingerprint density at radius 2 is 0.832 bits per heavy atom. The molecule has 1 fully saturated rings. The van der Waals surface area contributed by atoms with E-state index in [1.54, 1.807) is 0 Å². The van der Waals surface area contributed by atoms with Crippen LogP contribution in [0.5, 0.6) is 0 Å². The summed E-state index contributed by atoms with van der Waals surface area (Å²) in [6, 6.07) is 50.1. The summed E-state index contributed by atoms with van der Waals surface area (Å²) in [6.45, 7) is 26.5. The molecule has 3 atom stereocenters. The first kappa shape index (κ1) is 108. The molecule has 0 radical (unpaired) electrons. The number of ether oxygens (including phenoxy) is 2. The summed E-state index contributed by atoms with van der Waals surface area (Å²) in [5.74, 6) is -5.65. The normalized spacial score (nSPS) is 17.5. The number of esters is 2. The van der Waals surface area contributed by atoms with E-state index < -0.39 is 95.1 Å². The molecule has 1 unspecified atom stereocenters. The van der Waals surface area contributed by atoms with E-state index in [4.69, 9.17) is 15.3 Å². The van der Waals surface area contributed by atoms with Gasteiger partial charge in [-0.25, -0.2) is 30.0 Å². The van der Waals surface area contributed by atoms with Gasteiger partial charge < -0.3 is 54.1 Å². The van der Waals surface area contributed by atoms with Crippen LogP contribution in [-0.2, 0) is 105 Å². The maximum Gasteiger partial charge on any atom is 1.00 e. The van der Waals surface area contributed by atoms with Crippen LogP contribution in [-0.4, -0.2) is 187 Å². The number of hydrogen-bond acceptors (Lipinski definition) is 23. The molecule has 5 heterocycles. The van der Waals surface area contributed by atoms with Crippen molar-refractivity contribution in [1.29, 1.82) is 0 Å². The van der Waals surface area contributed by atoms with Gasteiger partial charge in [0.15, 0.2) is 23.6 Å². The molecule has 28 nitrogen and oxygen atoms in total. The smallest absolute Gasteiger partial charge is 0.748 e. The van der Waals surface area contributed by atoms with Crippen molar-refractivity contribution in [2.75, 3.05) is 67.1 Å². The second-order valence-electron chi connectivity index (χ2n) is 36.3. The zero-order chi connectivity index (χ0) is 98.8. The Labute approximate surface area is 824 Å². The summed E-state index contributed by atoms with van der Waals surface area (Å²) in [6.07, 6.45) is 29.5. The van der Waals surface area contributed by atoms with E-state index in [2.05, 4.69) is 223 Å². The van der Waals surface area contributed by atoms with Crippen molar-refractivity contribution >= 4 is 155 Å². The van der Waals surface area contributed by atoms with Gasteiger partial charge in [-0.3, -0.25) is 33.6 Å². The summed E-state index contributed by atoms with van der Waals surface area (Å²) < 4.78 is 116. The molecule has 0 spiro atoms. The predicted molar refractivity (Wildman–Crippen MR) is 527 cm³/mol. The molecular weight excluding hydrogens is 1810 g/mol. The first-order valence-corrected chi connectivity index (χ1v) is 50.4. The standard InChI is InChI=1S/C51H59N3O7S.C47H49N3O10S2.C7H14N2O3.Na/c1-36(61-37(2)55)49(57)52-32-18-22-40(56)23-19-34-54-44-31-29-39-21-13-15-25-42(39)48(44)51(5,6)46(54)27-11-9-7-8-10-26-45-50(3,4)47-41-24-14-12-20-38(41)28-30-43(47)53(45)33-16-17-35-62(58,59)60;1-46(2)39(48(28-14-15-30-61(54,55)56)36-26-24-32-17-10-12-19-34(32)43(36)46)21-8-6-5-7-9-22-40-47(3,4)44-35-20-13-11-18-33(35)25-27-37(44)49(40)29-16-23-42(52)60-50-41(51)31-38(45(50)53)62(57,58)59;1-5(12-6(2)10)7(11)9-4-3-8;/h7-15,20-21,24-31,36H,16-19,22-23,32-35H2,1-6H3,(H-,52,57,58,59,60);5-13,17-22,24-27,38H,14-16,23,28-31H2,1-4H3,(H-,54,55,56,57,58,59);5H,3-4,8H2,1-2H3,(H,9,11);/q;;;+1/p-1/t36-;;5-;/m0.0./s1. The Bertz CT molecular complexity index is 6640. The van der Waals surface area contributed by atoms with Crippen LogP contribution >= 0.6 is 0 Å². The number of carbonyl (C=O) groups excluding carboxylic acids is 8. The summed E-state index contributed by atoms with van der Waals surface area (Å²) in [5, 5.41) is 12.4. The van der Waals surface area contributed by atoms with Crippen molar-refractivity contribution < 1.29 is 130 Å². The van der Waals surface area contributed by atoms with E-state index in [0.29, 0.717) is 90.8 Å². The first-order valence-electron chi connectivity index (χ1n) is 45.8. The van der Waals surface area contributed by atoms with Crippen LogP contribution in [0.4, 0.5) is 22.7 Å².